The number of hydrogen-bond donors (Lipinski definition) is 4. The van der Waals surface area contributed by atoms with Crippen LogP contribution in [0.25, 0.3) is 0 Å². The molecule has 6 N–H and O–H groups in total. The largest absolute Gasteiger partial charge is 0.370 e. The Balaban J connectivity index is 1.15. The molecule has 0 bridgehead atoms. The summed E-state index contributed by atoms with van der Waals surface area (Å²) in [7, 11) is 2.16. The predicted octanol–water partition coefficient (Wildman–Crippen LogP) is 5.27. The molecule has 228 valence electrons. The first-order chi connectivity index (χ1) is 20.5. The van der Waals surface area contributed by atoms with Crippen LogP contribution in [0.5, 0.6) is 0 Å². The number of amides is 2. The number of ether oxygens (including phenoxy) is 1. The number of carbonyl (C=O) groups is 1. The van der Waals surface area contributed by atoms with E-state index in [9.17, 15) is 4.79 Å². The highest BCUT2D eigenvalue weighted by Gasteiger charge is 2.14. The standard InChI is InChI=1S/C31H45N7O2S2/c1-38(20-21-40-28(25-13-7-5-8-14-25)26-15-9-6-10-16-26)19-12-4-2-3-11-17-34-30(39)35-18-22-41-23-27-24-42-31(36-27)37-29(32)33/h5-10,13-16,24,28H,2-4,11-12,17-23H2,1H3,(H2,34,35,39)(H4,32,33,36,37). The summed E-state index contributed by atoms with van der Waals surface area (Å²) >= 11 is 3.11. The molecular formula is C31H45N7O2S2. The normalized spacial score (nSPS) is 11.1. The Morgan fingerprint density at radius 1 is 0.952 bits per heavy atom. The van der Waals surface area contributed by atoms with Crippen LogP contribution < -0.4 is 22.1 Å². The van der Waals surface area contributed by atoms with Gasteiger partial charge in [-0.3, -0.25) is 0 Å². The second kappa shape index (κ2) is 19.9. The van der Waals surface area contributed by atoms with Crippen LogP contribution in [0.15, 0.2) is 71.0 Å². The lowest BCUT2D eigenvalue weighted by Crippen LogP contribution is -2.37. The summed E-state index contributed by atoms with van der Waals surface area (Å²) in [5.41, 5.74) is 14.0. The molecule has 2 aromatic carbocycles. The molecule has 0 aliphatic heterocycles. The van der Waals surface area contributed by atoms with Crippen LogP contribution in [-0.4, -0.2) is 67.5 Å². The lowest BCUT2D eigenvalue weighted by molar-refractivity contribution is 0.0645. The van der Waals surface area contributed by atoms with E-state index in [4.69, 9.17) is 16.2 Å². The summed E-state index contributed by atoms with van der Waals surface area (Å²) in [5.74, 6) is 1.58. The molecule has 0 radical (unpaired) electrons. The molecule has 3 rings (SSSR count). The molecule has 3 aromatic rings. The zero-order chi connectivity index (χ0) is 29.8. The Morgan fingerprint density at radius 2 is 1.60 bits per heavy atom. The van der Waals surface area contributed by atoms with Crippen LogP contribution in [0.1, 0.15) is 55.0 Å². The third kappa shape index (κ3) is 13.7. The highest BCUT2D eigenvalue weighted by molar-refractivity contribution is 7.98. The van der Waals surface area contributed by atoms with E-state index < -0.39 is 0 Å². The minimum atomic E-state index is -0.107. The number of nitrogens with one attached hydrogen (secondary N) is 2. The fraction of sp³-hybridized carbons (Fsp3) is 0.452. The van der Waals surface area contributed by atoms with Crippen molar-refractivity contribution < 1.29 is 9.53 Å². The van der Waals surface area contributed by atoms with Crippen LogP contribution in [0, 0.1) is 0 Å². The lowest BCUT2D eigenvalue weighted by Gasteiger charge is -2.22. The van der Waals surface area contributed by atoms with Crippen molar-refractivity contribution >= 4 is 40.2 Å². The lowest BCUT2D eigenvalue weighted by atomic mass is 10.0. The van der Waals surface area contributed by atoms with Crippen molar-refractivity contribution in [2.75, 3.05) is 45.6 Å². The maximum Gasteiger partial charge on any atom is 0.314 e. The second-order valence-corrected chi connectivity index (χ2v) is 12.0. The number of thiazole rings is 1. The average Bonchev–Trinajstić information content (AvgIpc) is 3.43. The van der Waals surface area contributed by atoms with Gasteiger partial charge < -0.3 is 31.7 Å². The number of nitrogens with zero attached hydrogens (tertiary/aromatic N) is 3. The maximum absolute atomic E-state index is 12.0. The van der Waals surface area contributed by atoms with Crippen LogP contribution in [0.4, 0.5) is 9.93 Å². The van der Waals surface area contributed by atoms with E-state index in [1.54, 1.807) is 11.8 Å². The number of carbonyl (C=O) groups excluding carboxylic acids is 1. The van der Waals surface area contributed by atoms with Gasteiger partial charge in [0.15, 0.2) is 5.96 Å². The van der Waals surface area contributed by atoms with E-state index in [-0.39, 0.29) is 18.1 Å². The number of hydrogen-bond acceptors (Lipinski definition) is 7. The zero-order valence-corrected chi connectivity index (χ0v) is 26.2. The van der Waals surface area contributed by atoms with Gasteiger partial charge in [-0.25, -0.2) is 9.78 Å². The van der Waals surface area contributed by atoms with Crippen molar-refractivity contribution in [2.24, 2.45) is 16.5 Å². The van der Waals surface area contributed by atoms with Crippen molar-refractivity contribution in [3.05, 3.63) is 82.9 Å². The van der Waals surface area contributed by atoms with Gasteiger partial charge >= 0.3 is 6.03 Å². The number of unbranched alkanes of at least 4 members (excludes halogenated alkanes) is 4. The highest BCUT2D eigenvalue weighted by atomic mass is 32.2. The molecule has 1 aromatic heterocycles. The summed E-state index contributed by atoms with van der Waals surface area (Å²) < 4.78 is 6.35. The Kier molecular flexibility index (Phi) is 15.8. The Morgan fingerprint density at radius 3 is 2.29 bits per heavy atom. The average molecular weight is 612 g/mol. The quantitative estimate of drug-likeness (QED) is 0.0778. The number of aliphatic imine (C=N–C) groups is 1. The molecular weight excluding hydrogens is 567 g/mol. The number of nitrogens with two attached hydrogens (primary N) is 2. The number of aromatic nitrogens is 1. The van der Waals surface area contributed by atoms with Gasteiger partial charge in [-0.1, -0.05) is 79.9 Å². The molecule has 0 aliphatic carbocycles. The van der Waals surface area contributed by atoms with Crippen molar-refractivity contribution in [3.8, 4) is 0 Å². The van der Waals surface area contributed by atoms with Crippen LogP contribution in [0.3, 0.4) is 0 Å². The molecule has 0 fully saturated rings. The smallest absolute Gasteiger partial charge is 0.314 e. The molecule has 0 atom stereocenters. The van der Waals surface area contributed by atoms with E-state index in [0.717, 1.165) is 43.1 Å². The van der Waals surface area contributed by atoms with Crippen molar-refractivity contribution in [1.29, 1.82) is 0 Å². The third-order valence-corrected chi connectivity index (χ3v) is 8.29. The van der Waals surface area contributed by atoms with Crippen molar-refractivity contribution in [3.63, 3.8) is 0 Å². The fourth-order valence-electron chi connectivity index (χ4n) is 4.32. The minimum absolute atomic E-state index is 0.0107. The van der Waals surface area contributed by atoms with Crippen LogP contribution >= 0.6 is 23.1 Å². The molecule has 0 saturated heterocycles. The van der Waals surface area contributed by atoms with E-state index in [1.807, 2.05) is 17.5 Å². The van der Waals surface area contributed by atoms with Crippen molar-refractivity contribution in [2.45, 2.75) is 44.0 Å². The van der Waals surface area contributed by atoms with E-state index >= 15 is 0 Å². The number of rotatable bonds is 20. The first-order valence-electron chi connectivity index (χ1n) is 14.5. The molecule has 42 heavy (non-hydrogen) atoms. The van der Waals surface area contributed by atoms with E-state index in [1.165, 1.54) is 41.7 Å². The summed E-state index contributed by atoms with van der Waals surface area (Å²) in [6.07, 6.45) is 5.60. The Bertz CT molecular complexity index is 1130. The SMILES string of the molecule is CN(CCCCCCCNC(=O)NCCSCc1csc(N=C(N)N)n1)CCOC(c1ccccc1)c1ccccc1. The highest BCUT2D eigenvalue weighted by Crippen LogP contribution is 2.25. The van der Waals surface area contributed by atoms with E-state index in [2.05, 4.69) is 81.1 Å². The third-order valence-electron chi connectivity index (χ3n) is 6.51. The number of thioether (sulfide) groups is 1. The summed E-state index contributed by atoms with van der Waals surface area (Å²) in [6.45, 7) is 3.96. The Hall–Kier alpha value is -3.12. The van der Waals surface area contributed by atoms with Gasteiger partial charge in [-0.05, 0) is 37.6 Å². The monoisotopic (exact) mass is 611 g/mol. The minimum Gasteiger partial charge on any atom is -0.370 e. The molecule has 11 heteroatoms. The van der Waals surface area contributed by atoms with Gasteiger partial charge in [0, 0.05) is 36.5 Å². The molecule has 0 unspecified atom stereocenters. The fourth-order valence-corrected chi connectivity index (χ4v) is 5.88. The first kappa shape index (κ1) is 33.4. The van der Waals surface area contributed by atoms with Gasteiger partial charge in [0.25, 0.3) is 0 Å². The van der Waals surface area contributed by atoms with Gasteiger partial charge in [-0.15, -0.1) is 11.3 Å². The van der Waals surface area contributed by atoms with Gasteiger partial charge in [-0.2, -0.15) is 16.8 Å². The van der Waals surface area contributed by atoms with Gasteiger partial charge in [0.1, 0.15) is 6.10 Å². The van der Waals surface area contributed by atoms with E-state index in [0.29, 0.717) is 24.8 Å². The van der Waals surface area contributed by atoms with Crippen LogP contribution in [0.2, 0.25) is 0 Å². The summed E-state index contributed by atoms with van der Waals surface area (Å²) in [4.78, 5) is 22.6. The Labute approximate surface area is 258 Å². The molecule has 0 aliphatic rings. The second-order valence-electron chi connectivity index (χ2n) is 10.0. The molecule has 9 nitrogen and oxygen atoms in total. The number of urea groups is 1. The van der Waals surface area contributed by atoms with Crippen LogP contribution in [-0.2, 0) is 10.5 Å². The predicted molar refractivity (Wildman–Crippen MR) is 176 cm³/mol. The number of guanidine groups is 1. The summed E-state index contributed by atoms with van der Waals surface area (Å²) in [6, 6.07) is 20.7. The topological polar surface area (TPSA) is 131 Å². The maximum atomic E-state index is 12.0. The first-order valence-corrected chi connectivity index (χ1v) is 16.6. The summed E-state index contributed by atoms with van der Waals surface area (Å²) in [5, 5.41) is 8.36. The molecule has 2 amide bonds. The molecule has 1 heterocycles. The molecule has 0 spiro atoms. The van der Waals surface area contributed by atoms with Gasteiger partial charge in [0.2, 0.25) is 5.13 Å². The molecule has 0 saturated carbocycles. The number of benzene rings is 2. The zero-order valence-electron chi connectivity index (χ0n) is 24.5. The van der Waals surface area contributed by atoms with Crippen molar-refractivity contribution in [1.82, 2.24) is 20.5 Å². The number of likely N-dealkylation sites (N-methyl/N-ethyl adjacent to an activating group) is 1. The van der Waals surface area contributed by atoms with Gasteiger partial charge in [0.05, 0.1) is 12.3 Å².